The van der Waals surface area contributed by atoms with E-state index in [1.54, 1.807) is 5.57 Å². The summed E-state index contributed by atoms with van der Waals surface area (Å²) >= 11 is 0. The molecule has 1 unspecified atom stereocenters. The zero-order chi connectivity index (χ0) is 13.1. The minimum atomic E-state index is 0.360. The molecule has 1 aromatic carbocycles. The molecule has 1 fully saturated rings. The van der Waals surface area contributed by atoms with Gasteiger partial charge in [0.25, 0.3) is 0 Å². The highest BCUT2D eigenvalue weighted by atomic mass is 14.9. The van der Waals surface area contributed by atoms with Gasteiger partial charge < -0.3 is 5.32 Å². The van der Waals surface area contributed by atoms with Crippen LogP contribution in [-0.2, 0) is 5.41 Å². The Morgan fingerprint density at radius 3 is 2.37 bits per heavy atom. The van der Waals surface area contributed by atoms with Crippen LogP contribution in [0.25, 0.3) is 0 Å². The lowest BCUT2D eigenvalue weighted by Gasteiger charge is -2.49. The van der Waals surface area contributed by atoms with Crippen LogP contribution in [0, 0.1) is 0 Å². The van der Waals surface area contributed by atoms with Gasteiger partial charge in [0.1, 0.15) is 0 Å². The standard InChI is InChI=1S/C18H25N/c1-19-17(15-9-4-2-5-10-15)18(13-8-14-18)16-11-6-3-7-12-16/h3,6-7,9,11-12,17,19H,2,4-5,8,10,13-14H2,1H3. The van der Waals surface area contributed by atoms with Crippen LogP contribution < -0.4 is 5.32 Å². The van der Waals surface area contributed by atoms with E-state index in [9.17, 15) is 0 Å². The van der Waals surface area contributed by atoms with Gasteiger partial charge in [0.05, 0.1) is 0 Å². The Hall–Kier alpha value is -1.08. The summed E-state index contributed by atoms with van der Waals surface area (Å²) in [5.74, 6) is 0. The van der Waals surface area contributed by atoms with E-state index >= 15 is 0 Å². The van der Waals surface area contributed by atoms with E-state index in [1.165, 1.54) is 50.5 Å². The van der Waals surface area contributed by atoms with Crippen LogP contribution in [0.2, 0.25) is 0 Å². The van der Waals surface area contributed by atoms with Crippen molar-refractivity contribution in [3.05, 3.63) is 47.5 Å². The summed E-state index contributed by atoms with van der Waals surface area (Å²) in [7, 11) is 2.14. The Kier molecular flexibility index (Phi) is 3.74. The lowest BCUT2D eigenvalue weighted by atomic mass is 9.58. The molecule has 0 aromatic heterocycles. The largest absolute Gasteiger partial charge is 0.313 e. The van der Waals surface area contributed by atoms with Crippen molar-refractivity contribution < 1.29 is 0 Å². The Morgan fingerprint density at radius 1 is 1.05 bits per heavy atom. The van der Waals surface area contributed by atoms with Crippen LogP contribution in [-0.4, -0.2) is 13.1 Å². The number of hydrogen-bond donors (Lipinski definition) is 1. The zero-order valence-corrected chi connectivity index (χ0v) is 12.0. The van der Waals surface area contributed by atoms with Crippen LogP contribution in [0.5, 0.6) is 0 Å². The van der Waals surface area contributed by atoms with Gasteiger partial charge in [0.15, 0.2) is 0 Å². The van der Waals surface area contributed by atoms with Gasteiger partial charge >= 0.3 is 0 Å². The Balaban J connectivity index is 1.93. The maximum Gasteiger partial charge on any atom is 0.0374 e. The maximum absolute atomic E-state index is 3.64. The Morgan fingerprint density at radius 2 is 1.84 bits per heavy atom. The Labute approximate surface area is 117 Å². The van der Waals surface area contributed by atoms with E-state index in [4.69, 9.17) is 0 Å². The second-order valence-electron chi connectivity index (χ2n) is 6.12. The predicted molar refractivity (Wildman–Crippen MR) is 81.4 cm³/mol. The van der Waals surface area contributed by atoms with Crippen molar-refractivity contribution in [2.75, 3.05) is 7.05 Å². The molecular weight excluding hydrogens is 230 g/mol. The fourth-order valence-electron chi connectivity index (χ4n) is 4.01. The molecule has 1 saturated carbocycles. The van der Waals surface area contributed by atoms with Crippen LogP contribution in [0.4, 0.5) is 0 Å². The highest BCUT2D eigenvalue weighted by molar-refractivity contribution is 5.36. The fourth-order valence-corrected chi connectivity index (χ4v) is 4.01. The van der Waals surface area contributed by atoms with Crippen molar-refractivity contribution in [2.24, 2.45) is 0 Å². The van der Waals surface area contributed by atoms with E-state index in [0.717, 1.165) is 0 Å². The molecule has 1 aromatic rings. The molecule has 1 atom stereocenters. The van der Waals surface area contributed by atoms with Gasteiger partial charge in [-0.05, 0) is 51.1 Å². The monoisotopic (exact) mass is 255 g/mol. The van der Waals surface area contributed by atoms with Crippen molar-refractivity contribution in [3.8, 4) is 0 Å². The summed E-state index contributed by atoms with van der Waals surface area (Å²) in [6.07, 6.45) is 11.9. The first-order chi connectivity index (χ1) is 9.37. The summed E-state index contributed by atoms with van der Waals surface area (Å²) < 4.78 is 0. The second kappa shape index (κ2) is 5.50. The minimum Gasteiger partial charge on any atom is -0.313 e. The number of nitrogens with one attached hydrogen (secondary N) is 1. The van der Waals surface area contributed by atoms with Crippen LogP contribution in [0.1, 0.15) is 50.5 Å². The van der Waals surface area contributed by atoms with Gasteiger partial charge in [-0.25, -0.2) is 0 Å². The smallest absolute Gasteiger partial charge is 0.0374 e. The average Bonchev–Trinajstić information content (AvgIpc) is 2.44. The van der Waals surface area contributed by atoms with E-state index in [0.29, 0.717) is 11.5 Å². The first-order valence-corrected chi connectivity index (χ1v) is 7.78. The van der Waals surface area contributed by atoms with E-state index < -0.39 is 0 Å². The third-order valence-corrected chi connectivity index (χ3v) is 5.13. The zero-order valence-electron chi connectivity index (χ0n) is 12.0. The maximum atomic E-state index is 3.64. The molecule has 0 spiro atoms. The molecule has 0 heterocycles. The molecule has 0 amide bonds. The molecule has 19 heavy (non-hydrogen) atoms. The van der Waals surface area contributed by atoms with Crippen molar-refractivity contribution in [3.63, 3.8) is 0 Å². The molecule has 102 valence electrons. The number of benzene rings is 1. The molecule has 0 aliphatic heterocycles. The summed E-state index contributed by atoms with van der Waals surface area (Å²) in [6, 6.07) is 11.7. The van der Waals surface area contributed by atoms with Gasteiger partial charge in [-0.3, -0.25) is 0 Å². The van der Waals surface area contributed by atoms with Crippen molar-refractivity contribution in [2.45, 2.75) is 56.4 Å². The van der Waals surface area contributed by atoms with Gasteiger partial charge in [-0.2, -0.15) is 0 Å². The topological polar surface area (TPSA) is 12.0 Å². The summed E-state index contributed by atoms with van der Waals surface area (Å²) in [4.78, 5) is 0. The number of allylic oxidation sites excluding steroid dienone is 1. The normalized spacial score (nSPS) is 23.3. The molecule has 1 N–H and O–H groups in total. The predicted octanol–water partition coefficient (Wildman–Crippen LogP) is 4.20. The molecule has 1 nitrogen and oxygen atoms in total. The highest BCUT2D eigenvalue weighted by Crippen LogP contribution is 2.49. The third-order valence-electron chi connectivity index (χ3n) is 5.13. The molecule has 2 aliphatic carbocycles. The minimum absolute atomic E-state index is 0.360. The van der Waals surface area contributed by atoms with Gasteiger partial charge in [0.2, 0.25) is 0 Å². The SMILES string of the molecule is CNC(C1=CCCCC1)C1(c2ccccc2)CCC1. The van der Waals surface area contributed by atoms with Crippen molar-refractivity contribution in [1.82, 2.24) is 5.32 Å². The summed E-state index contributed by atoms with van der Waals surface area (Å²) in [6.45, 7) is 0. The van der Waals surface area contributed by atoms with Crippen LogP contribution >= 0.6 is 0 Å². The molecule has 0 bridgehead atoms. The molecule has 3 rings (SSSR count). The molecule has 2 aliphatic rings. The third kappa shape index (κ3) is 2.25. The van der Waals surface area contributed by atoms with Crippen LogP contribution in [0.15, 0.2) is 42.0 Å². The molecule has 0 radical (unpaired) electrons. The lowest BCUT2D eigenvalue weighted by Crippen LogP contribution is -2.52. The summed E-state index contributed by atoms with van der Waals surface area (Å²) in [5, 5.41) is 3.64. The molecule has 1 heteroatoms. The summed E-state index contributed by atoms with van der Waals surface area (Å²) in [5.41, 5.74) is 3.56. The van der Waals surface area contributed by atoms with Crippen LogP contribution in [0.3, 0.4) is 0 Å². The molecular formula is C18H25N. The number of rotatable bonds is 4. The van der Waals surface area contributed by atoms with Gasteiger partial charge in [0, 0.05) is 11.5 Å². The van der Waals surface area contributed by atoms with E-state index in [2.05, 4.69) is 48.8 Å². The van der Waals surface area contributed by atoms with Gasteiger partial charge in [-0.15, -0.1) is 0 Å². The highest BCUT2D eigenvalue weighted by Gasteiger charge is 2.45. The van der Waals surface area contributed by atoms with Crippen molar-refractivity contribution in [1.29, 1.82) is 0 Å². The quantitative estimate of drug-likeness (QED) is 0.795. The fraction of sp³-hybridized carbons (Fsp3) is 0.556. The molecule has 0 saturated heterocycles. The first-order valence-electron chi connectivity index (χ1n) is 7.78. The van der Waals surface area contributed by atoms with E-state index in [1.807, 2.05) is 0 Å². The number of likely N-dealkylation sites (N-methyl/N-ethyl adjacent to an activating group) is 1. The lowest BCUT2D eigenvalue weighted by molar-refractivity contribution is 0.190. The van der Waals surface area contributed by atoms with Gasteiger partial charge in [-0.1, -0.05) is 48.4 Å². The van der Waals surface area contributed by atoms with E-state index in [-0.39, 0.29) is 0 Å². The van der Waals surface area contributed by atoms with Crippen molar-refractivity contribution >= 4 is 0 Å². The first kappa shape index (κ1) is 12.9. The second-order valence-corrected chi connectivity index (χ2v) is 6.12. The average molecular weight is 255 g/mol. The Bertz CT molecular complexity index is 442. The number of hydrogen-bond acceptors (Lipinski definition) is 1.